The van der Waals surface area contributed by atoms with Crippen LogP contribution >= 0.6 is 0 Å². The number of hydrogen-bond acceptors (Lipinski definition) is 5. The summed E-state index contributed by atoms with van der Waals surface area (Å²) in [5.74, 6) is 0.112. The van der Waals surface area contributed by atoms with Crippen molar-refractivity contribution in [3.05, 3.63) is 22.3 Å². The van der Waals surface area contributed by atoms with E-state index in [1.54, 1.807) is 6.92 Å². The van der Waals surface area contributed by atoms with Crippen LogP contribution in [0.3, 0.4) is 0 Å². The van der Waals surface area contributed by atoms with Gasteiger partial charge in [-0.15, -0.1) is 0 Å². The Bertz CT molecular complexity index is 832. The summed E-state index contributed by atoms with van der Waals surface area (Å²) in [5.41, 5.74) is 2.06. The van der Waals surface area contributed by atoms with Gasteiger partial charge in [0, 0.05) is 18.0 Å². The van der Waals surface area contributed by atoms with Gasteiger partial charge in [-0.05, 0) is 63.6 Å². The highest BCUT2D eigenvalue weighted by atomic mass is 16.5. The molecule has 7 heteroatoms. The number of carbonyl (C=O) groups is 2. The number of aliphatic hydroxyl groups is 1. The molecular weight excluding hydrogens is 384 g/mol. The fourth-order valence-electron chi connectivity index (χ4n) is 4.46. The van der Waals surface area contributed by atoms with Gasteiger partial charge in [0.1, 0.15) is 17.5 Å². The lowest BCUT2D eigenvalue weighted by Gasteiger charge is -2.37. The molecule has 1 aliphatic heterocycles. The number of carbonyl (C=O) groups excluding carboxylic acids is 2. The standard InChI is InChI=1S/C23H34N2O5/c1-13-14(2)20-17(15(3)19(13)27)10-11-23(4,30-20)22(29)25-18(12-26)21(28)24-16-8-6-5-7-9-16/h16,18,26-27H,5-12H2,1-4H3,(H,24,28)(H,25,29). The van der Waals surface area contributed by atoms with Crippen molar-refractivity contribution in [1.82, 2.24) is 10.6 Å². The lowest BCUT2D eigenvalue weighted by atomic mass is 9.86. The van der Waals surface area contributed by atoms with Crippen molar-refractivity contribution >= 4 is 11.8 Å². The van der Waals surface area contributed by atoms with Crippen molar-refractivity contribution in [2.45, 2.75) is 90.3 Å². The van der Waals surface area contributed by atoms with Crippen molar-refractivity contribution in [3.63, 3.8) is 0 Å². The van der Waals surface area contributed by atoms with Gasteiger partial charge < -0.3 is 25.6 Å². The van der Waals surface area contributed by atoms with E-state index in [1.165, 1.54) is 6.42 Å². The zero-order valence-corrected chi connectivity index (χ0v) is 18.4. The van der Waals surface area contributed by atoms with Gasteiger partial charge in [0.2, 0.25) is 5.91 Å². The maximum absolute atomic E-state index is 13.1. The molecule has 0 radical (unpaired) electrons. The van der Waals surface area contributed by atoms with Crippen molar-refractivity contribution < 1.29 is 24.5 Å². The molecule has 1 aromatic rings. The van der Waals surface area contributed by atoms with Crippen molar-refractivity contribution in [2.75, 3.05) is 6.61 Å². The van der Waals surface area contributed by atoms with Gasteiger partial charge in [-0.3, -0.25) is 9.59 Å². The van der Waals surface area contributed by atoms with Crippen molar-refractivity contribution in [2.24, 2.45) is 0 Å². The lowest BCUT2D eigenvalue weighted by molar-refractivity contribution is -0.141. The van der Waals surface area contributed by atoms with Gasteiger partial charge in [-0.25, -0.2) is 0 Å². The van der Waals surface area contributed by atoms with E-state index in [0.717, 1.165) is 47.9 Å². The minimum absolute atomic E-state index is 0.104. The highest BCUT2D eigenvalue weighted by Gasteiger charge is 2.42. The Labute approximate surface area is 178 Å². The monoisotopic (exact) mass is 418 g/mol. The molecule has 2 aliphatic rings. The Kier molecular flexibility index (Phi) is 6.60. The van der Waals surface area contributed by atoms with Crippen molar-refractivity contribution in [1.29, 1.82) is 0 Å². The first-order chi connectivity index (χ1) is 14.2. The SMILES string of the molecule is Cc1c(C)c2c(c(C)c1O)CCC(C)(C(=O)NC(CO)C(=O)NC1CCCCC1)O2. The molecule has 166 valence electrons. The number of ether oxygens (including phenoxy) is 1. The predicted octanol–water partition coefficient (Wildman–Crippen LogP) is 2.33. The fourth-order valence-corrected chi connectivity index (χ4v) is 4.46. The maximum Gasteiger partial charge on any atom is 0.264 e. The van der Waals surface area contributed by atoms with Gasteiger partial charge in [-0.2, -0.15) is 0 Å². The summed E-state index contributed by atoms with van der Waals surface area (Å²) in [6, 6.07) is -0.905. The largest absolute Gasteiger partial charge is 0.507 e. The predicted molar refractivity (Wildman–Crippen MR) is 114 cm³/mol. The van der Waals surface area contributed by atoms with Crippen LogP contribution in [0, 0.1) is 20.8 Å². The zero-order valence-electron chi connectivity index (χ0n) is 18.4. The third-order valence-corrected chi connectivity index (χ3v) is 6.76. The van der Waals surface area contributed by atoms with Gasteiger partial charge in [0.15, 0.2) is 5.60 Å². The second-order valence-electron chi connectivity index (χ2n) is 8.92. The molecular formula is C23H34N2O5. The van der Waals surface area contributed by atoms with E-state index in [4.69, 9.17) is 4.74 Å². The van der Waals surface area contributed by atoms with Crippen LogP contribution in [0.2, 0.25) is 0 Å². The molecule has 3 rings (SSSR count). The fraction of sp³-hybridized carbons (Fsp3) is 0.652. The number of aromatic hydroxyl groups is 1. The third-order valence-electron chi connectivity index (χ3n) is 6.76. The number of hydrogen-bond donors (Lipinski definition) is 4. The van der Waals surface area contributed by atoms with E-state index in [0.29, 0.717) is 18.6 Å². The average Bonchev–Trinajstić information content (AvgIpc) is 2.74. The molecule has 1 aliphatic carbocycles. The smallest absolute Gasteiger partial charge is 0.264 e. The molecule has 1 fully saturated rings. The number of benzene rings is 1. The summed E-state index contributed by atoms with van der Waals surface area (Å²) in [5, 5.41) is 25.7. The van der Waals surface area contributed by atoms with E-state index in [2.05, 4.69) is 10.6 Å². The minimum atomic E-state index is -1.16. The van der Waals surface area contributed by atoms with Crippen LogP contribution in [0.1, 0.15) is 67.7 Å². The number of fused-ring (bicyclic) bond motifs is 1. The molecule has 0 aromatic heterocycles. The summed E-state index contributed by atoms with van der Waals surface area (Å²) >= 11 is 0. The number of nitrogens with one attached hydrogen (secondary N) is 2. The first kappa shape index (κ1) is 22.4. The van der Waals surface area contributed by atoms with Crippen molar-refractivity contribution in [3.8, 4) is 11.5 Å². The van der Waals surface area contributed by atoms with Crippen LogP contribution in [0.25, 0.3) is 0 Å². The molecule has 7 nitrogen and oxygen atoms in total. The second kappa shape index (κ2) is 8.84. The normalized spacial score (nSPS) is 22.6. The molecule has 1 aromatic carbocycles. The minimum Gasteiger partial charge on any atom is -0.507 e. The van der Waals surface area contributed by atoms with E-state index >= 15 is 0 Å². The first-order valence-electron chi connectivity index (χ1n) is 10.9. The molecule has 4 N–H and O–H groups in total. The molecule has 30 heavy (non-hydrogen) atoms. The third kappa shape index (κ3) is 4.26. The van der Waals surface area contributed by atoms with Crippen LogP contribution in [0.4, 0.5) is 0 Å². The number of rotatable bonds is 5. The molecule has 1 heterocycles. The summed E-state index contributed by atoms with van der Waals surface area (Å²) in [7, 11) is 0. The highest BCUT2D eigenvalue weighted by Crippen LogP contribution is 2.43. The van der Waals surface area contributed by atoms with Crippen LogP contribution in [0.15, 0.2) is 0 Å². The Hall–Kier alpha value is -2.28. The number of aliphatic hydroxyl groups excluding tert-OH is 1. The van der Waals surface area contributed by atoms with E-state index in [1.807, 2.05) is 20.8 Å². The first-order valence-corrected chi connectivity index (χ1v) is 10.9. The van der Waals surface area contributed by atoms with Gasteiger partial charge in [0.05, 0.1) is 6.61 Å². The molecule has 2 atom stereocenters. The topological polar surface area (TPSA) is 108 Å². The Morgan fingerprint density at radius 1 is 1.13 bits per heavy atom. The lowest BCUT2D eigenvalue weighted by Crippen LogP contribution is -2.58. The molecule has 0 saturated heterocycles. The van der Waals surface area contributed by atoms with Crippen LogP contribution in [-0.2, 0) is 16.0 Å². The summed E-state index contributed by atoms with van der Waals surface area (Å²) in [6.45, 7) is 6.78. The average molecular weight is 419 g/mol. The summed E-state index contributed by atoms with van der Waals surface area (Å²) in [4.78, 5) is 25.7. The van der Waals surface area contributed by atoms with E-state index < -0.39 is 24.2 Å². The Morgan fingerprint density at radius 3 is 2.43 bits per heavy atom. The highest BCUT2D eigenvalue weighted by molar-refractivity contribution is 5.92. The molecule has 2 amide bonds. The van der Waals surface area contributed by atoms with Crippen LogP contribution in [-0.4, -0.2) is 46.3 Å². The van der Waals surface area contributed by atoms with Gasteiger partial charge in [-0.1, -0.05) is 19.3 Å². The molecule has 2 unspecified atom stereocenters. The summed E-state index contributed by atoms with van der Waals surface area (Å²) in [6.07, 6.45) is 6.20. The number of amides is 2. The number of phenolic OH excluding ortho intramolecular Hbond substituents is 1. The van der Waals surface area contributed by atoms with Crippen LogP contribution in [0.5, 0.6) is 11.5 Å². The molecule has 0 spiro atoms. The number of phenols is 1. The second-order valence-corrected chi connectivity index (χ2v) is 8.92. The van der Waals surface area contributed by atoms with E-state index in [-0.39, 0.29) is 17.7 Å². The van der Waals surface area contributed by atoms with Crippen LogP contribution < -0.4 is 15.4 Å². The summed E-state index contributed by atoms with van der Waals surface area (Å²) < 4.78 is 6.17. The zero-order chi connectivity index (χ0) is 22.1. The quantitative estimate of drug-likeness (QED) is 0.587. The maximum atomic E-state index is 13.1. The molecule has 0 bridgehead atoms. The Morgan fingerprint density at radius 2 is 1.80 bits per heavy atom. The molecule has 1 saturated carbocycles. The van der Waals surface area contributed by atoms with Gasteiger partial charge in [0.25, 0.3) is 5.91 Å². The van der Waals surface area contributed by atoms with Gasteiger partial charge >= 0.3 is 0 Å². The van der Waals surface area contributed by atoms with E-state index in [9.17, 15) is 19.8 Å². The Balaban J connectivity index is 1.72.